The van der Waals surface area contributed by atoms with E-state index in [9.17, 15) is 9.59 Å². The smallest absolute Gasteiger partial charge is 0.334 e. The first-order chi connectivity index (χ1) is 6.63. The number of ether oxygens (including phenoxy) is 2. The van der Waals surface area contributed by atoms with Crippen LogP contribution in [0.25, 0.3) is 0 Å². The van der Waals surface area contributed by atoms with Crippen molar-refractivity contribution in [1.29, 1.82) is 0 Å². The van der Waals surface area contributed by atoms with Crippen molar-refractivity contribution in [3.8, 4) is 0 Å². The lowest BCUT2D eigenvalue weighted by atomic mass is 10.2. The second kappa shape index (κ2) is 4.76. The van der Waals surface area contributed by atoms with E-state index in [1.807, 2.05) is 0 Å². The van der Waals surface area contributed by atoms with Gasteiger partial charge in [0.2, 0.25) is 0 Å². The molecule has 0 aromatic heterocycles. The number of esters is 1. The predicted octanol–water partition coefficient (Wildman–Crippen LogP) is 0.349. The minimum atomic E-state index is -1.14. The Morgan fingerprint density at radius 1 is 1.64 bits per heavy atom. The van der Waals surface area contributed by atoms with Gasteiger partial charge in [-0.3, -0.25) is 0 Å². The number of carbonyl (C=O) groups excluding carboxylic acids is 1. The van der Waals surface area contributed by atoms with E-state index in [0.717, 1.165) is 6.08 Å². The maximum absolute atomic E-state index is 11.2. The van der Waals surface area contributed by atoms with Crippen LogP contribution in [-0.2, 0) is 19.1 Å². The van der Waals surface area contributed by atoms with Crippen molar-refractivity contribution in [1.82, 2.24) is 0 Å². The van der Waals surface area contributed by atoms with Gasteiger partial charge >= 0.3 is 11.9 Å². The Morgan fingerprint density at radius 3 is 2.71 bits per heavy atom. The van der Waals surface area contributed by atoms with Gasteiger partial charge in [0.05, 0.1) is 6.61 Å². The highest BCUT2D eigenvalue weighted by molar-refractivity contribution is 5.95. The number of rotatable bonds is 5. The van der Waals surface area contributed by atoms with Crippen molar-refractivity contribution in [2.75, 3.05) is 13.2 Å². The highest BCUT2D eigenvalue weighted by atomic mass is 16.6. The SMILES string of the molecule is CC/C(=C/C(=O)O)C(=O)OCC1CO1. The van der Waals surface area contributed by atoms with E-state index in [2.05, 4.69) is 0 Å². The van der Waals surface area contributed by atoms with Gasteiger partial charge in [-0.2, -0.15) is 0 Å². The van der Waals surface area contributed by atoms with Crippen LogP contribution in [-0.4, -0.2) is 36.4 Å². The second-order valence-corrected chi connectivity index (χ2v) is 2.92. The van der Waals surface area contributed by atoms with E-state index in [-0.39, 0.29) is 18.3 Å². The molecule has 1 heterocycles. The van der Waals surface area contributed by atoms with Crippen molar-refractivity contribution >= 4 is 11.9 Å². The fraction of sp³-hybridized carbons (Fsp3) is 0.556. The second-order valence-electron chi connectivity index (χ2n) is 2.92. The molecule has 0 radical (unpaired) electrons. The molecule has 0 aromatic carbocycles. The van der Waals surface area contributed by atoms with Crippen LogP contribution in [0.2, 0.25) is 0 Å². The molecular weight excluding hydrogens is 188 g/mol. The number of epoxide rings is 1. The van der Waals surface area contributed by atoms with E-state index >= 15 is 0 Å². The first-order valence-electron chi connectivity index (χ1n) is 4.35. The normalized spacial score (nSPS) is 20.4. The molecule has 0 amide bonds. The van der Waals surface area contributed by atoms with Crippen LogP contribution in [0.1, 0.15) is 13.3 Å². The van der Waals surface area contributed by atoms with Gasteiger partial charge in [-0.1, -0.05) is 6.92 Å². The minimum Gasteiger partial charge on any atom is -0.478 e. The Hall–Kier alpha value is -1.36. The van der Waals surface area contributed by atoms with Gasteiger partial charge in [-0.15, -0.1) is 0 Å². The van der Waals surface area contributed by atoms with E-state index in [1.165, 1.54) is 0 Å². The molecule has 0 aromatic rings. The van der Waals surface area contributed by atoms with E-state index in [0.29, 0.717) is 13.0 Å². The topological polar surface area (TPSA) is 76.1 Å². The van der Waals surface area contributed by atoms with E-state index in [1.54, 1.807) is 6.92 Å². The van der Waals surface area contributed by atoms with Crippen molar-refractivity contribution in [3.05, 3.63) is 11.6 Å². The van der Waals surface area contributed by atoms with Crippen molar-refractivity contribution in [2.24, 2.45) is 0 Å². The summed E-state index contributed by atoms with van der Waals surface area (Å²) in [6, 6.07) is 0. The summed E-state index contributed by atoms with van der Waals surface area (Å²) in [6.45, 7) is 2.51. The highest BCUT2D eigenvalue weighted by Crippen LogP contribution is 2.11. The average molecular weight is 200 g/mol. The molecular formula is C9H12O5. The van der Waals surface area contributed by atoms with Crippen molar-refractivity contribution in [2.45, 2.75) is 19.4 Å². The number of hydrogen-bond donors (Lipinski definition) is 1. The van der Waals surface area contributed by atoms with E-state index < -0.39 is 11.9 Å². The monoisotopic (exact) mass is 200 g/mol. The lowest BCUT2D eigenvalue weighted by Crippen LogP contribution is -2.12. The van der Waals surface area contributed by atoms with Gasteiger partial charge in [0.1, 0.15) is 12.7 Å². The molecule has 1 N–H and O–H groups in total. The van der Waals surface area contributed by atoms with Crippen LogP contribution in [0.4, 0.5) is 0 Å². The summed E-state index contributed by atoms with van der Waals surface area (Å²) < 4.78 is 9.66. The van der Waals surface area contributed by atoms with Gasteiger partial charge < -0.3 is 14.6 Å². The third-order valence-corrected chi connectivity index (χ3v) is 1.74. The molecule has 78 valence electrons. The van der Waals surface area contributed by atoms with Crippen molar-refractivity contribution < 1.29 is 24.2 Å². The first-order valence-corrected chi connectivity index (χ1v) is 4.35. The number of carboxylic acids is 1. The Kier molecular flexibility index (Phi) is 3.64. The van der Waals surface area contributed by atoms with Gasteiger partial charge in [0.25, 0.3) is 0 Å². The average Bonchev–Trinajstić information content (AvgIpc) is 2.93. The molecule has 1 unspecified atom stereocenters. The molecule has 5 heteroatoms. The maximum atomic E-state index is 11.2. The van der Waals surface area contributed by atoms with Crippen LogP contribution in [0.3, 0.4) is 0 Å². The molecule has 1 saturated heterocycles. The Balaban J connectivity index is 2.41. The fourth-order valence-corrected chi connectivity index (χ4v) is 0.880. The van der Waals surface area contributed by atoms with Crippen LogP contribution < -0.4 is 0 Å². The molecule has 1 atom stereocenters. The van der Waals surface area contributed by atoms with Gasteiger partial charge in [-0.25, -0.2) is 9.59 Å². The summed E-state index contributed by atoms with van der Waals surface area (Å²) in [5.41, 5.74) is 0.165. The Morgan fingerprint density at radius 2 is 2.29 bits per heavy atom. The third-order valence-electron chi connectivity index (χ3n) is 1.74. The van der Waals surface area contributed by atoms with Crippen molar-refractivity contribution in [3.63, 3.8) is 0 Å². The minimum absolute atomic E-state index is 0.00174. The molecule has 1 aliphatic rings. The summed E-state index contributed by atoms with van der Waals surface area (Å²) >= 11 is 0. The molecule has 0 spiro atoms. The number of aliphatic carboxylic acids is 1. The summed E-state index contributed by atoms with van der Waals surface area (Å²) in [5, 5.41) is 8.44. The van der Waals surface area contributed by atoms with Crippen LogP contribution in [0.5, 0.6) is 0 Å². The maximum Gasteiger partial charge on any atom is 0.334 e. The zero-order valence-corrected chi connectivity index (χ0v) is 7.86. The quantitative estimate of drug-likeness (QED) is 0.393. The standard InChI is InChI=1S/C9H12O5/c1-2-6(3-8(10)11)9(12)14-5-7-4-13-7/h3,7H,2,4-5H2,1H3,(H,10,11)/b6-3-. The molecule has 1 aliphatic heterocycles. The molecule has 0 saturated carbocycles. The largest absolute Gasteiger partial charge is 0.478 e. The highest BCUT2D eigenvalue weighted by Gasteiger charge is 2.24. The fourth-order valence-electron chi connectivity index (χ4n) is 0.880. The van der Waals surface area contributed by atoms with Gasteiger partial charge in [0.15, 0.2) is 0 Å². The van der Waals surface area contributed by atoms with E-state index in [4.69, 9.17) is 14.6 Å². The molecule has 5 nitrogen and oxygen atoms in total. The summed E-state index contributed by atoms with van der Waals surface area (Å²) in [7, 11) is 0. The van der Waals surface area contributed by atoms with Crippen LogP contribution in [0, 0.1) is 0 Å². The Labute approximate surface area is 81.3 Å². The van der Waals surface area contributed by atoms with Gasteiger partial charge in [0, 0.05) is 11.6 Å². The number of hydrogen-bond acceptors (Lipinski definition) is 4. The summed E-state index contributed by atoms with van der Waals surface area (Å²) in [6.07, 6.45) is 1.22. The van der Waals surface area contributed by atoms with Crippen LogP contribution in [0.15, 0.2) is 11.6 Å². The zero-order valence-electron chi connectivity index (χ0n) is 7.86. The molecule has 0 aliphatic carbocycles. The lowest BCUT2D eigenvalue weighted by Gasteiger charge is -2.03. The molecule has 0 bridgehead atoms. The third kappa shape index (κ3) is 3.57. The molecule has 14 heavy (non-hydrogen) atoms. The first kappa shape index (κ1) is 10.7. The number of carbonyl (C=O) groups is 2. The van der Waals surface area contributed by atoms with Crippen LogP contribution >= 0.6 is 0 Å². The zero-order chi connectivity index (χ0) is 10.6. The van der Waals surface area contributed by atoms with Gasteiger partial charge in [-0.05, 0) is 6.42 Å². The Bertz CT molecular complexity index is 264. The lowest BCUT2D eigenvalue weighted by molar-refractivity contribution is -0.140. The number of carboxylic acid groups (broad SMARTS) is 1. The summed E-state index contributed by atoms with van der Waals surface area (Å²) in [5.74, 6) is -1.72. The molecule has 1 fully saturated rings. The molecule has 1 rings (SSSR count). The summed E-state index contributed by atoms with van der Waals surface area (Å²) in [4.78, 5) is 21.5. The predicted molar refractivity (Wildman–Crippen MR) is 46.7 cm³/mol.